The number of anilines is 9. The topological polar surface area (TPSA) is 9.72 Å². The lowest BCUT2D eigenvalue weighted by atomic mass is 9.94. The van der Waals surface area contributed by atoms with Gasteiger partial charge in [-0.1, -0.05) is 158 Å². The van der Waals surface area contributed by atoms with Crippen molar-refractivity contribution in [2.75, 3.05) is 14.7 Å². The molecule has 3 nitrogen and oxygen atoms in total. The molecule has 10 aromatic carbocycles. The molecule has 298 valence electrons. The summed E-state index contributed by atoms with van der Waals surface area (Å²) in [6.45, 7) is 0. The highest BCUT2D eigenvalue weighted by molar-refractivity contribution is 5.99. The van der Waals surface area contributed by atoms with Crippen LogP contribution in [-0.2, 0) is 12.8 Å². The second-order valence-corrected chi connectivity index (χ2v) is 16.6. The summed E-state index contributed by atoms with van der Waals surface area (Å²) in [5.74, 6) is 0. The average Bonchev–Trinajstić information content (AvgIpc) is 3.35. The Morgan fingerprint density at radius 3 is 1.14 bits per heavy atom. The summed E-state index contributed by atoms with van der Waals surface area (Å²) in [4.78, 5) is 7.23. The molecule has 0 saturated carbocycles. The van der Waals surface area contributed by atoms with Crippen LogP contribution in [0.2, 0.25) is 0 Å². The SMILES string of the molecule is c1cc(-c2ccc(N(c3ccc(-c4cccc(N5c6ccccc6Cc6ccccc65)c4)cc3)c3cccc4ccccc34)cc2)cc(N2c3ccccc3Cc3ccccc32)c1. The summed E-state index contributed by atoms with van der Waals surface area (Å²) in [5.41, 5.74) is 20.7. The summed E-state index contributed by atoms with van der Waals surface area (Å²) in [6, 6.07) is 86.4. The van der Waals surface area contributed by atoms with Crippen molar-refractivity contribution < 1.29 is 0 Å². The van der Waals surface area contributed by atoms with Crippen LogP contribution in [0.1, 0.15) is 22.3 Å². The Morgan fingerprint density at radius 2 is 0.683 bits per heavy atom. The van der Waals surface area contributed by atoms with Crippen LogP contribution in [0, 0.1) is 0 Å². The third-order valence-electron chi connectivity index (χ3n) is 12.8. The Labute approximate surface area is 369 Å². The number of para-hydroxylation sites is 4. The molecule has 0 radical (unpaired) electrons. The highest BCUT2D eigenvalue weighted by Crippen LogP contribution is 2.47. The zero-order chi connectivity index (χ0) is 41.7. The van der Waals surface area contributed by atoms with Crippen LogP contribution in [0.5, 0.6) is 0 Å². The Kier molecular flexibility index (Phi) is 8.97. The molecule has 0 fully saturated rings. The normalized spacial score (nSPS) is 12.6. The quantitative estimate of drug-likeness (QED) is 0.159. The molecule has 2 heterocycles. The first-order chi connectivity index (χ1) is 31.2. The van der Waals surface area contributed by atoms with E-state index in [-0.39, 0.29) is 0 Å². The van der Waals surface area contributed by atoms with Gasteiger partial charge in [0.2, 0.25) is 0 Å². The predicted molar refractivity (Wildman–Crippen MR) is 264 cm³/mol. The van der Waals surface area contributed by atoms with Gasteiger partial charge < -0.3 is 14.7 Å². The number of benzene rings is 10. The number of fused-ring (bicyclic) bond motifs is 5. The third kappa shape index (κ3) is 6.54. The summed E-state index contributed by atoms with van der Waals surface area (Å²) in [5, 5.41) is 2.42. The van der Waals surface area contributed by atoms with Crippen LogP contribution in [0.4, 0.5) is 51.2 Å². The molecule has 2 aliphatic heterocycles. The van der Waals surface area contributed by atoms with E-state index >= 15 is 0 Å². The van der Waals surface area contributed by atoms with E-state index in [4.69, 9.17) is 0 Å². The van der Waals surface area contributed by atoms with Crippen LogP contribution in [0.3, 0.4) is 0 Å². The van der Waals surface area contributed by atoms with Gasteiger partial charge in [0.05, 0.1) is 5.69 Å². The molecule has 0 bridgehead atoms. The van der Waals surface area contributed by atoms with E-state index in [9.17, 15) is 0 Å². The highest BCUT2D eigenvalue weighted by atomic mass is 15.2. The van der Waals surface area contributed by atoms with Gasteiger partial charge in [-0.15, -0.1) is 0 Å². The molecule has 0 aromatic heterocycles. The first kappa shape index (κ1) is 36.7. The highest BCUT2D eigenvalue weighted by Gasteiger charge is 2.25. The molecule has 2 aliphatic rings. The van der Waals surface area contributed by atoms with E-state index in [1.165, 1.54) is 78.0 Å². The maximum absolute atomic E-state index is 2.42. The molecule has 0 aliphatic carbocycles. The Morgan fingerprint density at radius 1 is 0.302 bits per heavy atom. The molecule has 0 saturated heterocycles. The lowest BCUT2D eigenvalue weighted by Gasteiger charge is -2.33. The van der Waals surface area contributed by atoms with Crippen LogP contribution >= 0.6 is 0 Å². The van der Waals surface area contributed by atoms with Crippen LogP contribution in [0.15, 0.2) is 237 Å². The number of nitrogens with zero attached hydrogens (tertiary/aromatic N) is 3. The van der Waals surface area contributed by atoms with Crippen molar-refractivity contribution in [3.63, 3.8) is 0 Å². The Balaban J connectivity index is 0.900. The van der Waals surface area contributed by atoms with Crippen molar-refractivity contribution in [3.05, 3.63) is 259 Å². The molecule has 3 heteroatoms. The molecule has 0 unspecified atom stereocenters. The van der Waals surface area contributed by atoms with Gasteiger partial charge in [0.15, 0.2) is 0 Å². The van der Waals surface area contributed by atoms with Crippen LogP contribution in [-0.4, -0.2) is 0 Å². The minimum Gasteiger partial charge on any atom is -0.310 e. The molecule has 63 heavy (non-hydrogen) atoms. The van der Waals surface area contributed by atoms with Crippen molar-refractivity contribution >= 4 is 62.0 Å². The number of hydrogen-bond acceptors (Lipinski definition) is 3. The Hall–Kier alpha value is -8.14. The first-order valence-electron chi connectivity index (χ1n) is 21.8. The smallest absolute Gasteiger partial charge is 0.0540 e. The van der Waals surface area contributed by atoms with Gasteiger partial charge >= 0.3 is 0 Å². The molecule has 0 atom stereocenters. The van der Waals surface area contributed by atoms with Crippen molar-refractivity contribution in [1.82, 2.24) is 0 Å². The van der Waals surface area contributed by atoms with Gasteiger partial charge in [-0.3, -0.25) is 0 Å². The fourth-order valence-electron chi connectivity index (χ4n) is 9.83. The summed E-state index contributed by atoms with van der Waals surface area (Å²) >= 11 is 0. The predicted octanol–water partition coefficient (Wildman–Crippen LogP) is 16.4. The standard InChI is InChI=1S/C60H43N3/c1-6-24-55-44(14-1)19-13-29-60(55)61(51-34-30-42(31-35-51)45-20-11-22-53(40-45)62-56-25-7-2-15-47(56)38-48-16-3-8-26-57(48)62)52-36-32-43(33-37-52)46-21-12-23-54(41-46)63-58-27-9-4-17-49(58)39-50-18-5-10-28-59(50)63/h1-37,40-41H,38-39H2. The van der Waals surface area contributed by atoms with Crippen LogP contribution < -0.4 is 14.7 Å². The monoisotopic (exact) mass is 805 g/mol. The summed E-state index contributed by atoms with van der Waals surface area (Å²) in [6.07, 6.45) is 1.88. The molecule has 12 rings (SSSR count). The molecular weight excluding hydrogens is 763 g/mol. The lowest BCUT2D eigenvalue weighted by Crippen LogP contribution is -2.18. The fourth-order valence-corrected chi connectivity index (χ4v) is 9.83. The lowest BCUT2D eigenvalue weighted by molar-refractivity contribution is 1.09. The van der Waals surface area contributed by atoms with Gasteiger partial charge in [0, 0.05) is 63.7 Å². The second-order valence-electron chi connectivity index (χ2n) is 16.6. The second kappa shape index (κ2) is 15.4. The molecule has 0 spiro atoms. The maximum atomic E-state index is 2.42. The van der Waals surface area contributed by atoms with Crippen molar-refractivity contribution in [3.8, 4) is 22.3 Å². The van der Waals surface area contributed by atoms with E-state index < -0.39 is 0 Å². The molecule has 10 aromatic rings. The van der Waals surface area contributed by atoms with E-state index in [0.717, 1.165) is 41.3 Å². The van der Waals surface area contributed by atoms with Crippen molar-refractivity contribution in [1.29, 1.82) is 0 Å². The van der Waals surface area contributed by atoms with E-state index in [1.807, 2.05) is 0 Å². The average molecular weight is 806 g/mol. The van der Waals surface area contributed by atoms with Crippen molar-refractivity contribution in [2.45, 2.75) is 12.8 Å². The zero-order valence-corrected chi connectivity index (χ0v) is 34.8. The Bertz CT molecular complexity index is 3030. The van der Waals surface area contributed by atoms with E-state index in [0.29, 0.717) is 0 Å². The largest absolute Gasteiger partial charge is 0.310 e. The molecule has 0 amide bonds. The van der Waals surface area contributed by atoms with Crippen molar-refractivity contribution in [2.24, 2.45) is 0 Å². The molecular formula is C60H43N3. The van der Waals surface area contributed by atoms with E-state index in [2.05, 4.69) is 251 Å². The van der Waals surface area contributed by atoms with Crippen LogP contribution in [0.25, 0.3) is 33.0 Å². The zero-order valence-electron chi connectivity index (χ0n) is 34.8. The first-order valence-corrected chi connectivity index (χ1v) is 21.8. The molecule has 0 N–H and O–H groups in total. The number of hydrogen-bond donors (Lipinski definition) is 0. The maximum Gasteiger partial charge on any atom is 0.0540 e. The van der Waals surface area contributed by atoms with Gasteiger partial charge in [0.25, 0.3) is 0 Å². The van der Waals surface area contributed by atoms with Gasteiger partial charge in [0.1, 0.15) is 0 Å². The van der Waals surface area contributed by atoms with Gasteiger partial charge in [-0.2, -0.15) is 0 Å². The summed E-state index contributed by atoms with van der Waals surface area (Å²) < 4.78 is 0. The minimum atomic E-state index is 0.941. The van der Waals surface area contributed by atoms with Gasteiger partial charge in [-0.05, 0) is 129 Å². The van der Waals surface area contributed by atoms with Gasteiger partial charge in [-0.25, -0.2) is 0 Å². The third-order valence-corrected chi connectivity index (χ3v) is 12.8. The van der Waals surface area contributed by atoms with E-state index in [1.54, 1.807) is 0 Å². The fraction of sp³-hybridized carbons (Fsp3) is 0.0333. The number of rotatable bonds is 7. The minimum absolute atomic E-state index is 0.941. The summed E-state index contributed by atoms with van der Waals surface area (Å²) in [7, 11) is 0.